The molecule has 15 heavy (non-hydrogen) atoms. The SMILES string of the molecule is Cc1nsc(N(CCC(=N)N)C(C)C)n1. The van der Waals surface area contributed by atoms with Crippen LogP contribution in [0.15, 0.2) is 0 Å². The summed E-state index contributed by atoms with van der Waals surface area (Å²) < 4.78 is 4.15. The van der Waals surface area contributed by atoms with Crippen LogP contribution >= 0.6 is 11.5 Å². The Morgan fingerprint density at radius 2 is 2.27 bits per heavy atom. The molecular formula is C9H17N5S. The van der Waals surface area contributed by atoms with Crippen molar-refractivity contribution in [3.8, 4) is 0 Å². The summed E-state index contributed by atoms with van der Waals surface area (Å²) in [5, 5.41) is 8.12. The number of aromatic nitrogens is 2. The summed E-state index contributed by atoms with van der Waals surface area (Å²) in [4.78, 5) is 6.45. The van der Waals surface area contributed by atoms with Crippen molar-refractivity contribution in [1.82, 2.24) is 9.36 Å². The molecular weight excluding hydrogens is 210 g/mol. The summed E-state index contributed by atoms with van der Waals surface area (Å²) in [6.45, 7) is 6.79. The number of nitrogens with one attached hydrogen (secondary N) is 1. The highest BCUT2D eigenvalue weighted by Crippen LogP contribution is 2.19. The van der Waals surface area contributed by atoms with E-state index in [4.69, 9.17) is 11.1 Å². The zero-order valence-electron chi connectivity index (χ0n) is 9.32. The quantitative estimate of drug-likeness (QED) is 0.588. The molecule has 0 unspecified atom stereocenters. The minimum absolute atomic E-state index is 0.210. The molecule has 0 aliphatic carbocycles. The third-order valence-corrected chi connectivity index (χ3v) is 2.85. The zero-order valence-corrected chi connectivity index (χ0v) is 10.1. The van der Waals surface area contributed by atoms with E-state index >= 15 is 0 Å². The first-order valence-electron chi connectivity index (χ1n) is 4.90. The van der Waals surface area contributed by atoms with Gasteiger partial charge in [0, 0.05) is 30.5 Å². The average molecular weight is 227 g/mol. The molecule has 1 aromatic rings. The molecule has 0 aliphatic rings. The largest absolute Gasteiger partial charge is 0.388 e. The van der Waals surface area contributed by atoms with Crippen molar-refractivity contribution in [1.29, 1.82) is 5.41 Å². The maximum Gasteiger partial charge on any atom is 0.205 e. The van der Waals surface area contributed by atoms with Gasteiger partial charge in [0.25, 0.3) is 0 Å². The van der Waals surface area contributed by atoms with Crippen LogP contribution in [0.3, 0.4) is 0 Å². The zero-order chi connectivity index (χ0) is 11.4. The van der Waals surface area contributed by atoms with E-state index < -0.39 is 0 Å². The smallest absolute Gasteiger partial charge is 0.205 e. The lowest BCUT2D eigenvalue weighted by Crippen LogP contribution is -2.33. The van der Waals surface area contributed by atoms with Crippen molar-refractivity contribution in [2.75, 3.05) is 11.4 Å². The van der Waals surface area contributed by atoms with Crippen LogP contribution in [0.25, 0.3) is 0 Å². The molecule has 0 amide bonds. The first kappa shape index (κ1) is 11.9. The molecule has 84 valence electrons. The van der Waals surface area contributed by atoms with Crippen LogP contribution in [0.2, 0.25) is 0 Å². The van der Waals surface area contributed by atoms with E-state index in [1.54, 1.807) is 0 Å². The van der Waals surface area contributed by atoms with Crippen molar-refractivity contribution in [3.63, 3.8) is 0 Å². The standard InChI is InChI=1S/C9H17N5S/c1-6(2)14(5-4-8(10)11)9-12-7(3)13-15-9/h6H,4-5H2,1-3H3,(H3,10,11). The average Bonchev–Trinajstić information content (AvgIpc) is 2.51. The molecule has 1 aromatic heterocycles. The summed E-state index contributed by atoms with van der Waals surface area (Å²) >= 11 is 1.39. The summed E-state index contributed by atoms with van der Waals surface area (Å²) in [5.41, 5.74) is 5.35. The molecule has 0 aromatic carbocycles. The monoisotopic (exact) mass is 227 g/mol. The molecule has 0 radical (unpaired) electrons. The van der Waals surface area contributed by atoms with Crippen molar-refractivity contribution >= 4 is 22.5 Å². The fraction of sp³-hybridized carbons (Fsp3) is 0.667. The maximum absolute atomic E-state index is 7.21. The molecule has 0 spiro atoms. The fourth-order valence-corrected chi connectivity index (χ4v) is 2.05. The van der Waals surface area contributed by atoms with E-state index in [9.17, 15) is 0 Å². The molecule has 5 nitrogen and oxygen atoms in total. The molecule has 0 atom stereocenters. The van der Waals surface area contributed by atoms with Gasteiger partial charge in [0.2, 0.25) is 5.13 Å². The van der Waals surface area contributed by atoms with Crippen molar-refractivity contribution in [3.05, 3.63) is 5.82 Å². The van der Waals surface area contributed by atoms with Gasteiger partial charge in [-0.2, -0.15) is 4.37 Å². The number of rotatable bonds is 5. The van der Waals surface area contributed by atoms with Gasteiger partial charge < -0.3 is 10.6 Å². The van der Waals surface area contributed by atoms with E-state index in [2.05, 4.69) is 28.1 Å². The third-order valence-electron chi connectivity index (χ3n) is 2.01. The lowest BCUT2D eigenvalue weighted by Gasteiger charge is -2.25. The Kier molecular flexibility index (Phi) is 4.02. The van der Waals surface area contributed by atoms with Gasteiger partial charge in [-0.25, -0.2) is 4.98 Å². The van der Waals surface area contributed by atoms with Crippen molar-refractivity contribution in [2.24, 2.45) is 5.73 Å². The normalized spacial score (nSPS) is 10.7. The van der Waals surface area contributed by atoms with Gasteiger partial charge in [-0.05, 0) is 20.8 Å². The summed E-state index contributed by atoms with van der Waals surface area (Å²) in [6, 6.07) is 0.344. The van der Waals surface area contributed by atoms with Crippen LogP contribution < -0.4 is 10.6 Å². The number of aryl methyl sites for hydroxylation is 1. The predicted octanol–water partition coefficient (Wildman–Crippen LogP) is 1.39. The number of hydrogen-bond donors (Lipinski definition) is 2. The van der Waals surface area contributed by atoms with E-state index in [0.717, 1.165) is 17.5 Å². The number of nitrogens with zero attached hydrogens (tertiary/aromatic N) is 3. The Morgan fingerprint density at radius 1 is 1.60 bits per heavy atom. The van der Waals surface area contributed by atoms with Crippen LogP contribution in [-0.2, 0) is 0 Å². The van der Waals surface area contributed by atoms with E-state index in [1.807, 2.05) is 6.92 Å². The molecule has 0 fully saturated rings. The predicted molar refractivity (Wildman–Crippen MR) is 63.7 cm³/mol. The lowest BCUT2D eigenvalue weighted by molar-refractivity contribution is 0.685. The second-order valence-corrected chi connectivity index (χ2v) is 4.42. The Balaban J connectivity index is 2.70. The Morgan fingerprint density at radius 3 is 2.67 bits per heavy atom. The third kappa shape index (κ3) is 3.47. The number of nitrogens with two attached hydrogens (primary N) is 1. The van der Waals surface area contributed by atoms with Gasteiger partial charge in [0.05, 0.1) is 5.84 Å². The van der Waals surface area contributed by atoms with Crippen LogP contribution in [-0.4, -0.2) is 27.8 Å². The Bertz CT molecular complexity index is 333. The number of amidine groups is 1. The molecule has 1 heterocycles. The Labute approximate surface area is 94.0 Å². The molecule has 3 N–H and O–H groups in total. The second-order valence-electron chi connectivity index (χ2n) is 3.69. The van der Waals surface area contributed by atoms with Gasteiger partial charge in [0.1, 0.15) is 5.82 Å². The molecule has 6 heteroatoms. The van der Waals surface area contributed by atoms with Gasteiger partial charge in [-0.15, -0.1) is 0 Å². The van der Waals surface area contributed by atoms with Gasteiger partial charge in [0.15, 0.2) is 0 Å². The highest BCUT2D eigenvalue weighted by Gasteiger charge is 2.14. The number of anilines is 1. The minimum Gasteiger partial charge on any atom is -0.388 e. The van der Waals surface area contributed by atoms with E-state index in [1.165, 1.54) is 11.5 Å². The highest BCUT2D eigenvalue weighted by atomic mass is 32.1. The van der Waals surface area contributed by atoms with Gasteiger partial charge >= 0.3 is 0 Å². The Hall–Kier alpha value is -1.17. The van der Waals surface area contributed by atoms with Crippen LogP contribution in [0, 0.1) is 12.3 Å². The number of hydrogen-bond acceptors (Lipinski definition) is 5. The molecule has 0 bridgehead atoms. The fourth-order valence-electron chi connectivity index (χ4n) is 1.22. The molecule has 1 rings (SSSR count). The molecule has 0 aliphatic heterocycles. The van der Waals surface area contributed by atoms with Gasteiger partial charge in [-0.3, -0.25) is 5.41 Å². The first-order chi connectivity index (χ1) is 7.00. The summed E-state index contributed by atoms with van der Waals surface area (Å²) in [5.74, 6) is 1.00. The van der Waals surface area contributed by atoms with Gasteiger partial charge in [-0.1, -0.05) is 0 Å². The van der Waals surface area contributed by atoms with Crippen LogP contribution in [0.4, 0.5) is 5.13 Å². The first-order valence-corrected chi connectivity index (χ1v) is 5.68. The van der Waals surface area contributed by atoms with E-state index in [-0.39, 0.29) is 5.84 Å². The molecule has 0 saturated carbocycles. The lowest BCUT2D eigenvalue weighted by atomic mass is 10.3. The van der Waals surface area contributed by atoms with Crippen molar-refractivity contribution < 1.29 is 0 Å². The van der Waals surface area contributed by atoms with Crippen molar-refractivity contribution in [2.45, 2.75) is 33.2 Å². The topological polar surface area (TPSA) is 78.9 Å². The summed E-state index contributed by atoms with van der Waals surface area (Å²) in [6.07, 6.45) is 0.566. The minimum atomic E-state index is 0.210. The second kappa shape index (κ2) is 5.06. The van der Waals surface area contributed by atoms with E-state index in [0.29, 0.717) is 12.5 Å². The summed E-state index contributed by atoms with van der Waals surface area (Å²) in [7, 11) is 0. The molecule has 0 saturated heterocycles. The highest BCUT2D eigenvalue weighted by molar-refractivity contribution is 7.09. The van der Waals surface area contributed by atoms with Crippen LogP contribution in [0.1, 0.15) is 26.1 Å². The van der Waals surface area contributed by atoms with Crippen LogP contribution in [0.5, 0.6) is 0 Å². The maximum atomic E-state index is 7.21.